The summed E-state index contributed by atoms with van der Waals surface area (Å²) in [6, 6.07) is 6.12. The Morgan fingerprint density at radius 1 is 0.424 bits per heavy atom. The molecule has 5 aliphatic rings. The normalized spacial score (nSPS) is 32.6. The van der Waals surface area contributed by atoms with E-state index in [0.717, 1.165) is 42.3 Å². The second kappa shape index (κ2) is 14.4. The Hall–Kier alpha value is -0.120. The third kappa shape index (κ3) is 8.21. The second-order valence-corrected chi connectivity index (χ2v) is 12.3. The first kappa shape index (κ1) is 29.1. The topological polar surface area (TPSA) is 9.72 Å². The summed E-state index contributed by atoms with van der Waals surface area (Å²) in [7, 11) is 0. The summed E-state index contributed by atoms with van der Waals surface area (Å²) in [6.45, 7) is 16.6. The van der Waals surface area contributed by atoms with E-state index >= 15 is 0 Å². The molecule has 0 amide bonds. The molecule has 196 valence electrons. The van der Waals surface area contributed by atoms with Crippen LogP contribution in [0.3, 0.4) is 0 Å². The van der Waals surface area contributed by atoms with Crippen molar-refractivity contribution in [2.45, 2.75) is 181 Å². The van der Waals surface area contributed by atoms with Crippen molar-refractivity contribution >= 4 is 0 Å². The highest BCUT2D eigenvalue weighted by Crippen LogP contribution is 2.37. The van der Waals surface area contributed by atoms with Gasteiger partial charge in [0, 0.05) is 42.3 Å². The molecule has 0 aromatic carbocycles. The lowest BCUT2D eigenvalue weighted by Crippen LogP contribution is -2.52. The van der Waals surface area contributed by atoms with Crippen molar-refractivity contribution in [3.05, 3.63) is 0 Å². The smallest absolute Gasteiger partial charge is 0.0101 e. The Bertz CT molecular complexity index is 473. The van der Waals surface area contributed by atoms with Gasteiger partial charge in [-0.1, -0.05) is 33.1 Å². The summed E-state index contributed by atoms with van der Waals surface area (Å²) in [5.41, 5.74) is 0. The fraction of sp³-hybridized carbons (Fsp3) is 1.00. The highest BCUT2D eigenvalue weighted by Gasteiger charge is 2.37. The molecule has 0 radical (unpaired) electrons. The molecule has 5 heterocycles. The zero-order chi connectivity index (χ0) is 23.1. The van der Waals surface area contributed by atoms with Gasteiger partial charge in [0.05, 0.1) is 0 Å². The van der Waals surface area contributed by atoms with E-state index in [1.54, 1.807) is 0 Å². The van der Waals surface area contributed by atoms with Crippen molar-refractivity contribution in [3.8, 4) is 0 Å². The summed E-state index contributed by atoms with van der Waals surface area (Å²) in [4.78, 5) is 8.10. The summed E-state index contributed by atoms with van der Waals surface area (Å²) in [5.74, 6) is 0. The van der Waals surface area contributed by atoms with Crippen LogP contribution >= 0.6 is 0 Å². The molecule has 3 nitrogen and oxygen atoms in total. The first-order valence-electron chi connectivity index (χ1n) is 14.7. The lowest BCUT2D eigenvalue weighted by Gasteiger charge is -2.48. The van der Waals surface area contributed by atoms with Crippen molar-refractivity contribution < 1.29 is 0 Å². The van der Waals surface area contributed by atoms with E-state index in [4.69, 9.17) is 0 Å². The molecule has 0 N–H and O–H groups in total. The third-order valence-corrected chi connectivity index (χ3v) is 9.06. The summed E-state index contributed by atoms with van der Waals surface area (Å²) < 4.78 is 0. The lowest BCUT2D eigenvalue weighted by atomic mass is 9.83. The summed E-state index contributed by atoms with van der Waals surface area (Å²) in [5, 5.41) is 0. The van der Waals surface area contributed by atoms with Gasteiger partial charge in [-0.05, 0) is 119 Å². The van der Waals surface area contributed by atoms with Crippen molar-refractivity contribution in [1.29, 1.82) is 0 Å². The highest BCUT2D eigenvalue weighted by molar-refractivity contribution is 4.93. The van der Waals surface area contributed by atoms with E-state index < -0.39 is 0 Å². The van der Waals surface area contributed by atoms with Crippen LogP contribution in [0.4, 0.5) is 0 Å². The van der Waals surface area contributed by atoms with Gasteiger partial charge in [0.15, 0.2) is 0 Å². The van der Waals surface area contributed by atoms with Crippen molar-refractivity contribution in [2.75, 3.05) is 13.1 Å². The molecule has 2 atom stereocenters. The quantitative estimate of drug-likeness (QED) is 0.424. The third-order valence-electron chi connectivity index (χ3n) is 9.06. The van der Waals surface area contributed by atoms with Crippen LogP contribution < -0.4 is 0 Å². The molecular formula is C30H61N3. The predicted molar refractivity (Wildman–Crippen MR) is 147 cm³/mol. The number of rotatable bonds is 3. The van der Waals surface area contributed by atoms with Gasteiger partial charge in [0.25, 0.3) is 0 Å². The fourth-order valence-electron chi connectivity index (χ4n) is 7.64. The van der Waals surface area contributed by atoms with Crippen molar-refractivity contribution in [1.82, 2.24) is 14.7 Å². The van der Waals surface area contributed by atoms with Gasteiger partial charge >= 0.3 is 0 Å². The molecule has 5 rings (SSSR count). The minimum absolute atomic E-state index is 0. The van der Waals surface area contributed by atoms with Gasteiger partial charge in [-0.3, -0.25) is 9.80 Å². The first-order chi connectivity index (χ1) is 15.4. The van der Waals surface area contributed by atoms with Gasteiger partial charge < -0.3 is 4.90 Å². The van der Waals surface area contributed by atoms with E-state index in [2.05, 4.69) is 56.2 Å². The van der Waals surface area contributed by atoms with Gasteiger partial charge in [-0.2, -0.15) is 0 Å². The maximum absolute atomic E-state index is 2.78. The number of hydrogen-bond donors (Lipinski definition) is 0. The molecule has 3 heteroatoms. The molecule has 0 aliphatic carbocycles. The number of piperidine rings is 4. The van der Waals surface area contributed by atoms with Gasteiger partial charge in [0.2, 0.25) is 0 Å². The zero-order valence-corrected chi connectivity index (χ0v) is 22.7. The first-order valence-corrected chi connectivity index (χ1v) is 14.7. The minimum atomic E-state index is 0. The van der Waals surface area contributed by atoms with Gasteiger partial charge in [-0.15, -0.1) is 0 Å². The molecular weight excluding hydrogens is 402 g/mol. The highest BCUT2D eigenvalue weighted by atomic mass is 15.2. The van der Waals surface area contributed by atoms with Gasteiger partial charge in [-0.25, -0.2) is 0 Å². The van der Waals surface area contributed by atoms with E-state index in [1.165, 1.54) is 103 Å². The minimum Gasteiger partial charge on any atom is -0.301 e. The monoisotopic (exact) mass is 463 g/mol. The number of fused-ring (bicyclic) bond motifs is 4. The molecule has 5 fully saturated rings. The van der Waals surface area contributed by atoms with E-state index in [-0.39, 0.29) is 7.43 Å². The van der Waals surface area contributed by atoms with Crippen LogP contribution in [0.5, 0.6) is 0 Å². The van der Waals surface area contributed by atoms with Crippen molar-refractivity contribution in [2.24, 2.45) is 0 Å². The Kier molecular flexibility index (Phi) is 12.7. The predicted octanol–water partition coefficient (Wildman–Crippen LogP) is 7.73. The largest absolute Gasteiger partial charge is 0.301 e. The van der Waals surface area contributed by atoms with Crippen LogP contribution in [0.15, 0.2) is 0 Å². The molecule has 5 aliphatic heterocycles. The van der Waals surface area contributed by atoms with Crippen LogP contribution in [-0.4, -0.2) is 70.1 Å². The van der Waals surface area contributed by atoms with Crippen LogP contribution in [0.25, 0.3) is 0 Å². The fourth-order valence-corrected chi connectivity index (χ4v) is 7.64. The Morgan fingerprint density at radius 2 is 0.758 bits per heavy atom. The van der Waals surface area contributed by atoms with E-state index in [0.29, 0.717) is 0 Å². The number of likely N-dealkylation sites (tertiary alicyclic amines) is 1. The summed E-state index contributed by atoms with van der Waals surface area (Å²) >= 11 is 0. The van der Waals surface area contributed by atoms with E-state index in [9.17, 15) is 0 Å². The SMILES string of the molecule is C.CC(C)N1C2CCCC1CC2.CC(C)N1C2CCCC1CCC2.CC(C)N1CCCCC1. The molecule has 5 saturated heterocycles. The number of hydrogen-bond acceptors (Lipinski definition) is 3. The average molecular weight is 464 g/mol. The molecule has 33 heavy (non-hydrogen) atoms. The van der Waals surface area contributed by atoms with Crippen molar-refractivity contribution in [3.63, 3.8) is 0 Å². The Morgan fingerprint density at radius 3 is 1.00 bits per heavy atom. The summed E-state index contributed by atoms with van der Waals surface area (Å²) in [6.07, 6.45) is 20.5. The van der Waals surface area contributed by atoms with Crippen LogP contribution in [-0.2, 0) is 0 Å². The maximum atomic E-state index is 2.78. The molecule has 0 spiro atoms. The molecule has 0 saturated carbocycles. The Labute approximate surface area is 209 Å². The second-order valence-electron chi connectivity index (χ2n) is 12.3. The Balaban J connectivity index is 0.000000174. The van der Waals surface area contributed by atoms with E-state index in [1.807, 2.05) is 0 Å². The average Bonchev–Trinajstić information content (AvgIpc) is 3.04. The van der Waals surface area contributed by atoms with Gasteiger partial charge in [0.1, 0.15) is 0 Å². The van der Waals surface area contributed by atoms with Crippen LogP contribution in [0, 0.1) is 0 Å². The van der Waals surface area contributed by atoms with Crippen LogP contribution in [0.1, 0.15) is 139 Å². The maximum Gasteiger partial charge on any atom is 0.0101 e. The molecule has 4 bridgehead atoms. The standard InChI is InChI=1S/C11H21N.C10H19N.C8H17N.CH4/c1-9(2)12-10-5-3-6-11(12)8-4-7-10;1-8(2)11-9-4-3-5-10(11)7-6-9;1-8(2)9-6-4-3-5-7-9;/h9-11H,3-8H2,1-2H3;8-10H,3-7H2,1-2H3;8H,3-7H2,1-2H3;1H4. The molecule has 2 unspecified atom stereocenters. The molecule has 0 aromatic rings. The van der Waals surface area contributed by atoms with Crippen LogP contribution in [0.2, 0.25) is 0 Å². The molecule has 0 aromatic heterocycles. The number of nitrogens with zero attached hydrogens (tertiary/aromatic N) is 3. The lowest BCUT2D eigenvalue weighted by molar-refractivity contribution is 0.0140. The zero-order valence-electron chi connectivity index (χ0n) is 22.7.